The van der Waals surface area contributed by atoms with Gasteiger partial charge < -0.3 is 10.6 Å². The Morgan fingerprint density at radius 1 is 1.08 bits per heavy atom. The van der Waals surface area contributed by atoms with Gasteiger partial charge in [-0.3, -0.25) is 4.79 Å². The molecule has 0 bridgehead atoms. The minimum atomic E-state index is -0.281. The average molecular weight is 349 g/mol. The Bertz CT molecular complexity index is 815. The number of carbonyl (C=O) groups excluding carboxylic acids is 1. The second kappa shape index (κ2) is 8.40. The maximum absolute atomic E-state index is 12.4. The van der Waals surface area contributed by atoms with Crippen LogP contribution in [-0.2, 0) is 4.79 Å². The molecule has 6 heteroatoms. The van der Waals surface area contributed by atoms with Crippen molar-refractivity contribution in [2.24, 2.45) is 0 Å². The fourth-order valence-electron chi connectivity index (χ4n) is 2.64. The van der Waals surface area contributed by atoms with E-state index < -0.39 is 0 Å². The molecule has 1 amide bonds. The molecule has 2 atom stereocenters. The molecule has 0 saturated carbocycles. The summed E-state index contributed by atoms with van der Waals surface area (Å²) >= 11 is 0. The summed E-state index contributed by atoms with van der Waals surface area (Å²) in [5, 5.41) is 10.3. The lowest BCUT2D eigenvalue weighted by molar-refractivity contribution is -0.117. The minimum Gasteiger partial charge on any atom is -0.325 e. The SMILES string of the molecule is C[C@H](CN[C@H](C)C(=O)Nc1ccc(-n2cncn2)cc1)c1ccccc1. The van der Waals surface area contributed by atoms with E-state index in [4.69, 9.17) is 0 Å². The molecule has 0 spiro atoms. The molecule has 0 fully saturated rings. The standard InChI is InChI=1S/C20H23N5O/c1-15(17-6-4-3-5-7-17)12-22-16(2)20(26)24-18-8-10-19(11-9-18)25-14-21-13-23-25/h3-11,13-16,22H,12H2,1-2H3,(H,24,26)/t15-,16-/m1/s1. The highest BCUT2D eigenvalue weighted by atomic mass is 16.2. The summed E-state index contributed by atoms with van der Waals surface area (Å²) in [4.78, 5) is 16.3. The summed E-state index contributed by atoms with van der Waals surface area (Å²) in [6, 6.07) is 17.5. The topological polar surface area (TPSA) is 71.8 Å². The van der Waals surface area contributed by atoms with E-state index >= 15 is 0 Å². The Balaban J connectivity index is 1.51. The van der Waals surface area contributed by atoms with E-state index in [1.54, 1.807) is 11.0 Å². The highest BCUT2D eigenvalue weighted by molar-refractivity contribution is 5.94. The van der Waals surface area contributed by atoms with Gasteiger partial charge in [0.15, 0.2) is 0 Å². The lowest BCUT2D eigenvalue weighted by Gasteiger charge is -2.18. The van der Waals surface area contributed by atoms with Crippen molar-refractivity contribution in [1.82, 2.24) is 20.1 Å². The number of nitrogens with one attached hydrogen (secondary N) is 2. The highest BCUT2D eigenvalue weighted by Crippen LogP contribution is 2.14. The number of nitrogens with zero attached hydrogens (tertiary/aromatic N) is 3. The van der Waals surface area contributed by atoms with Crippen LogP contribution in [-0.4, -0.2) is 33.3 Å². The maximum atomic E-state index is 12.4. The van der Waals surface area contributed by atoms with E-state index in [-0.39, 0.29) is 11.9 Å². The van der Waals surface area contributed by atoms with Gasteiger partial charge in [-0.1, -0.05) is 37.3 Å². The van der Waals surface area contributed by atoms with Crippen LogP contribution in [0.5, 0.6) is 0 Å². The molecule has 26 heavy (non-hydrogen) atoms. The van der Waals surface area contributed by atoms with Gasteiger partial charge in [0.2, 0.25) is 5.91 Å². The summed E-state index contributed by atoms with van der Waals surface area (Å²) in [5.74, 6) is 0.284. The minimum absolute atomic E-state index is 0.0567. The molecule has 0 unspecified atom stereocenters. The van der Waals surface area contributed by atoms with E-state index in [1.807, 2.05) is 49.4 Å². The van der Waals surface area contributed by atoms with Crippen LogP contribution < -0.4 is 10.6 Å². The van der Waals surface area contributed by atoms with Gasteiger partial charge in [0.25, 0.3) is 0 Å². The van der Waals surface area contributed by atoms with E-state index in [0.29, 0.717) is 5.92 Å². The molecule has 0 saturated heterocycles. The molecule has 2 N–H and O–H groups in total. The summed E-state index contributed by atoms with van der Waals surface area (Å²) in [5.41, 5.74) is 2.91. The summed E-state index contributed by atoms with van der Waals surface area (Å²) in [6.45, 7) is 4.76. The van der Waals surface area contributed by atoms with Gasteiger partial charge in [-0.05, 0) is 42.7 Å². The number of anilines is 1. The summed E-state index contributed by atoms with van der Waals surface area (Å²) < 4.78 is 1.67. The normalized spacial score (nSPS) is 13.2. The monoisotopic (exact) mass is 349 g/mol. The number of rotatable bonds is 7. The van der Waals surface area contributed by atoms with Gasteiger partial charge >= 0.3 is 0 Å². The largest absolute Gasteiger partial charge is 0.325 e. The van der Waals surface area contributed by atoms with Gasteiger partial charge in [-0.25, -0.2) is 9.67 Å². The molecule has 0 radical (unpaired) electrons. The molecule has 134 valence electrons. The van der Waals surface area contributed by atoms with Gasteiger partial charge in [-0.2, -0.15) is 5.10 Å². The molecule has 1 heterocycles. The maximum Gasteiger partial charge on any atom is 0.241 e. The van der Waals surface area contributed by atoms with Crippen molar-refractivity contribution in [2.75, 3.05) is 11.9 Å². The van der Waals surface area contributed by atoms with Gasteiger partial charge in [0, 0.05) is 12.2 Å². The number of carbonyl (C=O) groups is 1. The second-order valence-electron chi connectivity index (χ2n) is 6.32. The van der Waals surface area contributed by atoms with Crippen LogP contribution in [0.25, 0.3) is 5.69 Å². The number of benzene rings is 2. The molecule has 3 rings (SSSR count). The Morgan fingerprint density at radius 2 is 1.81 bits per heavy atom. The van der Waals surface area contributed by atoms with Crippen molar-refractivity contribution in [3.63, 3.8) is 0 Å². The van der Waals surface area contributed by atoms with Crippen LogP contribution in [0, 0.1) is 0 Å². The quantitative estimate of drug-likeness (QED) is 0.688. The Kier molecular flexibility index (Phi) is 5.76. The number of aromatic nitrogens is 3. The lowest BCUT2D eigenvalue weighted by Crippen LogP contribution is -2.39. The molecule has 0 aliphatic heterocycles. The third-order valence-corrected chi connectivity index (χ3v) is 4.31. The molecule has 6 nitrogen and oxygen atoms in total. The van der Waals surface area contributed by atoms with E-state index in [1.165, 1.54) is 11.9 Å². The molecule has 0 aliphatic carbocycles. The average Bonchev–Trinajstić information content (AvgIpc) is 3.22. The third-order valence-electron chi connectivity index (χ3n) is 4.31. The first kappa shape index (κ1) is 17.8. The highest BCUT2D eigenvalue weighted by Gasteiger charge is 2.14. The Labute approximate surface area is 153 Å². The zero-order chi connectivity index (χ0) is 18.4. The lowest BCUT2D eigenvalue weighted by atomic mass is 10.0. The van der Waals surface area contributed by atoms with Crippen molar-refractivity contribution in [3.8, 4) is 5.69 Å². The van der Waals surface area contributed by atoms with Crippen LogP contribution in [0.2, 0.25) is 0 Å². The number of hydrogen-bond acceptors (Lipinski definition) is 4. The van der Waals surface area contributed by atoms with E-state index in [9.17, 15) is 4.79 Å². The number of amides is 1. The molecular weight excluding hydrogens is 326 g/mol. The van der Waals surface area contributed by atoms with Crippen LogP contribution in [0.15, 0.2) is 67.3 Å². The fourth-order valence-corrected chi connectivity index (χ4v) is 2.64. The van der Waals surface area contributed by atoms with Crippen molar-refractivity contribution in [1.29, 1.82) is 0 Å². The van der Waals surface area contributed by atoms with Crippen LogP contribution in [0.3, 0.4) is 0 Å². The first-order valence-corrected chi connectivity index (χ1v) is 8.68. The smallest absolute Gasteiger partial charge is 0.241 e. The van der Waals surface area contributed by atoms with Gasteiger partial charge in [0.1, 0.15) is 12.7 Å². The predicted octanol–water partition coefficient (Wildman–Crippen LogP) is 2.99. The second-order valence-corrected chi connectivity index (χ2v) is 6.32. The van der Waals surface area contributed by atoms with E-state index in [2.05, 4.69) is 39.8 Å². The van der Waals surface area contributed by atoms with E-state index in [0.717, 1.165) is 17.9 Å². The third kappa shape index (κ3) is 4.55. The summed E-state index contributed by atoms with van der Waals surface area (Å²) in [7, 11) is 0. The first-order chi connectivity index (χ1) is 12.6. The molecule has 3 aromatic rings. The van der Waals surface area contributed by atoms with Gasteiger partial charge in [-0.15, -0.1) is 0 Å². The Morgan fingerprint density at radius 3 is 2.46 bits per heavy atom. The first-order valence-electron chi connectivity index (χ1n) is 8.68. The van der Waals surface area contributed by atoms with Crippen molar-refractivity contribution >= 4 is 11.6 Å². The zero-order valence-electron chi connectivity index (χ0n) is 15.0. The fraction of sp³-hybridized carbons (Fsp3) is 0.250. The predicted molar refractivity (Wildman–Crippen MR) is 102 cm³/mol. The van der Waals surface area contributed by atoms with Crippen LogP contribution >= 0.6 is 0 Å². The zero-order valence-corrected chi connectivity index (χ0v) is 15.0. The summed E-state index contributed by atoms with van der Waals surface area (Å²) in [6.07, 6.45) is 3.12. The van der Waals surface area contributed by atoms with Gasteiger partial charge in [0.05, 0.1) is 11.7 Å². The van der Waals surface area contributed by atoms with Crippen molar-refractivity contribution in [2.45, 2.75) is 25.8 Å². The van der Waals surface area contributed by atoms with Crippen LogP contribution in [0.4, 0.5) is 5.69 Å². The number of hydrogen-bond donors (Lipinski definition) is 2. The molecule has 0 aliphatic rings. The van der Waals surface area contributed by atoms with Crippen molar-refractivity contribution in [3.05, 3.63) is 72.8 Å². The Hall–Kier alpha value is -2.99. The molecular formula is C20H23N5O. The molecule has 2 aromatic carbocycles. The molecule has 1 aromatic heterocycles. The van der Waals surface area contributed by atoms with Crippen molar-refractivity contribution < 1.29 is 4.79 Å². The van der Waals surface area contributed by atoms with Crippen LogP contribution in [0.1, 0.15) is 25.3 Å².